The van der Waals surface area contributed by atoms with Crippen molar-refractivity contribution in [2.45, 2.75) is 10.4 Å². The van der Waals surface area contributed by atoms with E-state index >= 15 is 0 Å². The smallest absolute Gasteiger partial charge is 0.481 e. The molecule has 1 heterocycles. The van der Waals surface area contributed by atoms with Gasteiger partial charge >= 0.3 is 11.5 Å². The monoisotopic (exact) mass is 309 g/mol. The van der Waals surface area contributed by atoms with Gasteiger partial charge in [0.25, 0.3) is 9.84 Å². The lowest BCUT2D eigenvalue weighted by Gasteiger charge is -2.38. The molecule has 0 saturated carbocycles. The Morgan fingerprint density at radius 2 is 1.70 bits per heavy atom. The van der Waals surface area contributed by atoms with E-state index in [0.29, 0.717) is 5.69 Å². The molecule has 0 atom stereocenters. The lowest BCUT2D eigenvalue weighted by atomic mass is 10.00. The highest BCUT2D eigenvalue weighted by atomic mass is 32.2. The second-order valence-electron chi connectivity index (χ2n) is 4.38. The van der Waals surface area contributed by atoms with Crippen LogP contribution >= 0.6 is 0 Å². The minimum Gasteiger partial charge on any atom is -0.481 e. The Morgan fingerprint density at radius 3 is 2.10 bits per heavy atom. The number of halogens is 3. The summed E-state index contributed by atoms with van der Waals surface area (Å²) in [6, 6.07) is 4.20. The number of carboxylic acid groups (broad SMARTS) is 1. The van der Waals surface area contributed by atoms with E-state index in [1.54, 1.807) is 4.90 Å². The Labute approximate surface area is 112 Å². The molecule has 0 unspecified atom stereocenters. The molecule has 1 fully saturated rings. The molecular formula is C11H10F3NO4S. The topological polar surface area (TPSA) is 74.7 Å². The van der Waals surface area contributed by atoms with Crippen molar-refractivity contribution in [1.29, 1.82) is 0 Å². The maximum Gasteiger partial charge on any atom is 0.501 e. The van der Waals surface area contributed by atoms with Crippen molar-refractivity contribution in [2.75, 3.05) is 18.0 Å². The number of carboxylic acids is 1. The van der Waals surface area contributed by atoms with Gasteiger partial charge in [-0.1, -0.05) is 0 Å². The molecule has 1 aromatic carbocycles. The molecular weight excluding hydrogens is 299 g/mol. The molecule has 110 valence electrons. The fourth-order valence-corrected chi connectivity index (χ4v) is 2.58. The number of nitrogens with zero attached hydrogens (tertiary/aromatic N) is 1. The number of sulfone groups is 1. The molecule has 5 nitrogen and oxygen atoms in total. The van der Waals surface area contributed by atoms with Gasteiger partial charge in [-0.15, -0.1) is 0 Å². The summed E-state index contributed by atoms with van der Waals surface area (Å²) in [7, 11) is -5.34. The predicted octanol–water partition coefficient (Wildman–Crippen LogP) is 1.50. The van der Waals surface area contributed by atoms with Crippen LogP contribution in [0.1, 0.15) is 0 Å². The van der Waals surface area contributed by atoms with Gasteiger partial charge < -0.3 is 10.0 Å². The third-order valence-electron chi connectivity index (χ3n) is 3.05. The van der Waals surface area contributed by atoms with E-state index in [4.69, 9.17) is 5.11 Å². The van der Waals surface area contributed by atoms with Gasteiger partial charge in [0, 0.05) is 18.8 Å². The summed E-state index contributed by atoms with van der Waals surface area (Å²) in [5.74, 6) is -1.44. The standard InChI is InChI=1S/C11H10F3NO4S/c12-11(13,14)20(18,19)9-3-1-8(2-4-9)15-5-7(6-15)10(16)17/h1-4,7H,5-6H2,(H,16,17). The van der Waals surface area contributed by atoms with Crippen molar-refractivity contribution in [3.63, 3.8) is 0 Å². The Kier molecular flexibility index (Phi) is 3.41. The zero-order valence-corrected chi connectivity index (χ0v) is 10.8. The third kappa shape index (κ3) is 2.45. The summed E-state index contributed by atoms with van der Waals surface area (Å²) < 4.78 is 59.3. The molecule has 20 heavy (non-hydrogen) atoms. The molecule has 1 aliphatic heterocycles. The van der Waals surface area contributed by atoms with Crippen molar-refractivity contribution >= 4 is 21.5 Å². The van der Waals surface area contributed by atoms with Crippen LogP contribution in [-0.2, 0) is 14.6 Å². The number of aliphatic carboxylic acids is 1. The normalized spacial score (nSPS) is 16.9. The number of carbonyl (C=O) groups is 1. The first-order valence-electron chi connectivity index (χ1n) is 5.52. The first kappa shape index (κ1) is 14.6. The van der Waals surface area contributed by atoms with E-state index in [1.165, 1.54) is 12.1 Å². The van der Waals surface area contributed by atoms with E-state index in [9.17, 15) is 26.4 Å². The molecule has 1 aromatic rings. The van der Waals surface area contributed by atoms with Crippen molar-refractivity contribution in [3.05, 3.63) is 24.3 Å². The van der Waals surface area contributed by atoms with Gasteiger partial charge in [-0.3, -0.25) is 4.79 Å². The number of hydrogen-bond acceptors (Lipinski definition) is 4. The van der Waals surface area contributed by atoms with Crippen LogP contribution in [0, 0.1) is 5.92 Å². The molecule has 0 aromatic heterocycles. The zero-order valence-electron chi connectivity index (χ0n) is 9.96. The van der Waals surface area contributed by atoms with E-state index in [0.717, 1.165) is 12.1 Å². The van der Waals surface area contributed by atoms with E-state index in [2.05, 4.69) is 0 Å². The van der Waals surface area contributed by atoms with Crippen LogP contribution in [0.4, 0.5) is 18.9 Å². The van der Waals surface area contributed by atoms with Gasteiger partial charge in [-0.2, -0.15) is 13.2 Å². The van der Waals surface area contributed by atoms with E-state index in [1.807, 2.05) is 0 Å². The maximum absolute atomic E-state index is 12.3. The van der Waals surface area contributed by atoms with Gasteiger partial charge in [0.1, 0.15) is 0 Å². The number of hydrogen-bond donors (Lipinski definition) is 1. The zero-order chi connectivity index (χ0) is 15.1. The first-order valence-corrected chi connectivity index (χ1v) is 7.00. The van der Waals surface area contributed by atoms with E-state index in [-0.39, 0.29) is 13.1 Å². The minimum absolute atomic E-state index is 0.251. The highest BCUT2D eigenvalue weighted by Crippen LogP contribution is 2.32. The van der Waals surface area contributed by atoms with Gasteiger partial charge in [0.05, 0.1) is 10.8 Å². The van der Waals surface area contributed by atoms with Crippen LogP contribution in [-0.4, -0.2) is 38.1 Å². The SMILES string of the molecule is O=C(O)C1CN(c2ccc(S(=O)(=O)C(F)(F)F)cc2)C1. The van der Waals surface area contributed by atoms with Crippen LogP contribution in [0.25, 0.3) is 0 Å². The van der Waals surface area contributed by atoms with E-state index < -0.39 is 32.1 Å². The third-order valence-corrected chi connectivity index (χ3v) is 4.55. The predicted molar refractivity (Wildman–Crippen MR) is 63.0 cm³/mol. The largest absolute Gasteiger partial charge is 0.501 e. The molecule has 1 N–H and O–H groups in total. The Bertz CT molecular complexity index is 618. The highest BCUT2D eigenvalue weighted by molar-refractivity contribution is 7.92. The highest BCUT2D eigenvalue weighted by Gasteiger charge is 2.46. The number of rotatable bonds is 3. The Morgan fingerprint density at radius 1 is 1.20 bits per heavy atom. The summed E-state index contributed by atoms with van der Waals surface area (Å²) in [4.78, 5) is 11.4. The molecule has 0 aliphatic carbocycles. The molecule has 0 bridgehead atoms. The Balaban J connectivity index is 2.15. The molecule has 1 saturated heterocycles. The average molecular weight is 309 g/mol. The molecule has 0 radical (unpaired) electrons. The molecule has 9 heteroatoms. The van der Waals surface area contributed by atoms with Crippen LogP contribution in [0.15, 0.2) is 29.2 Å². The maximum atomic E-state index is 12.3. The van der Waals surface area contributed by atoms with Gasteiger partial charge in [-0.05, 0) is 24.3 Å². The quantitative estimate of drug-likeness (QED) is 0.916. The fourth-order valence-electron chi connectivity index (χ4n) is 1.82. The lowest BCUT2D eigenvalue weighted by molar-refractivity contribution is -0.142. The second-order valence-corrected chi connectivity index (χ2v) is 6.32. The lowest BCUT2D eigenvalue weighted by Crippen LogP contribution is -2.50. The number of benzene rings is 1. The summed E-state index contributed by atoms with van der Waals surface area (Å²) in [5, 5.41) is 8.71. The fraction of sp³-hybridized carbons (Fsp3) is 0.364. The van der Waals surface area contributed by atoms with Crippen molar-refractivity contribution < 1.29 is 31.5 Å². The minimum atomic E-state index is -5.34. The molecule has 2 rings (SSSR count). The van der Waals surface area contributed by atoms with Crippen LogP contribution in [0.5, 0.6) is 0 Å². The Hall–Kier alpha value is -1.77. The van der Waals surface area contributed by atoms with Crippen molar-refractivity contribution in [2.24, 2.45) is 5.92 Å². The summed E-state index contributed by atoms with van der Waals surface area (Å²) >= 11 is 0. The summed E-state index contributed by atoms with van der Waals surface area (Å²) in [5.41, 5.74) is -4.84. The van der Waals surface area contributed by atoms with Gasteiger partial charge in [0.2, 0.25) is 0 Å². The van der Waals surface area contributed by atoms with Gasteiger partial charge in [-0.25, -0.2) is 8.42 Å². The van der Waals surface area contributed by atoms with Crippen LogP contribution in [0.2, 0.25) is 0 Å². The number of alkyl halides is 3. The summed E-state index contributed by atoms with van der Waals surface area (Å²) in [6.07, 6.45) is 0. The van der Waals surface area contributed by atoms with Crippen molar-refractivity contribution in [1.82, 2.24) is 0 Å². The van der Waals surface area contributed by atoms with Crippen molar-refractivity contribution in [3.8, 4) is 0 Å². The molecule has 0 amide bonds. The first-order chi connectivity index (χ1) is 9.13. The van der Waals surface area contributed by atoms with Crippen LogP contribution < -0.4 is 4.90 Å². The number of anilines is 1. The average Bonchev–Trinajstić information content (AvgIpc) is 2.25. The van der Waals surface area contributed by atoms with Gasteiger partial charge in [0.15, 0.2) is 0 Å². The molecule has 1 aliphatic rings. The molecule has 0 spiro atoms. The summed E-state index contributed by atoms with van der Waals surface area (Å²) in [6.45, 7) is 0.501. The second kappa shape index (κ2) is 4.65. The van der Waals surface area contributed by atoms with Crippen LogP contribution in [0.3, 0.4) is 0 Å².